The van der Waals surface area contributed by atoms with Crippen LogP contribution in [0.15, 0.2) is 197 Å². The third kappa shape index (κ3) is 7.85. The first kappa shape index (κ1) is 38.7. The molecule has 0 radical (unpaired) electrons. The lowest BCUT2D eigenvalue weighted by Crippen LogP contribution is -1.99. The van der Waals surface area contributed by atoms with Crippen LogP contribution in [-0.2, 0) is 18.5 Å². The number of aliphatic hydroxyl groups is 1. The molecule has 1 aromatic heterocycles. The minimum absolute atomic E-state index is 0.0852. The molecule has 0 saturated carbocycles. The fourth-order valence-electron chi connectivity index (χ4n) is 8.24. The van der Waals surface area contributed by atoms with Gasteiger partial charge in [-0.1, -0.05) is 155 Å². The summed E-state index contributed by atoms with van der Waals surface area (Å²) in [6.07, 6.45) is 0. The lowest BCUT2D eigenvalue weighted by Gasteiger charge is -2.11. The predicted octanol–water partition coefficient (Wildman–Crippen LogP) is 14.4. The summed E-state index contributed by atoms with van der Waals surface area (Å²) in [5.41, 5.74) is 4.63. The van der Waals surface area contributed by atoms with E-state index < -0.39 is 0 Å². The largest absolute Gasteiger partial charge is 0.489 e. The summed E-state index contributed by atoms with van der Waals surface area (Å²) in [6.45, 7) is 2.43. The summed E-state index contributed by atoms with van der Waals surface area (Å²) in [5.74, 6) is 0.680. The van der Waals surface area contributed by atoms with Crippen LogP contribution in [0.25, 0.3) is 75.6 Å². The highest BCUT2D eigenvalue weighted by Crippen LogP contribution is 2.31. The highest BCUT2D eigenvalue weighted by atomic mass is 79.9. The van der Waals surface area contributed by atoms with Crippen molar-refractivity contribution in [2.45, 2.75) is 25.5 Å². The molecular formula is C55H41BrO4. The average molecular weight is 846 g/mol. The average Bonchev–Trinajstić information content (AvgIpc) is 3.28. The van der Waals surface area contributed by atoms with Crippen LogP contribution in [0.3, 0.4) is 0 Å². The van der Waals surface area contributed by atoms with Crippen molar-refractivity contribution >= 4 is 91.5 Å². The van der Waals surface area contributed by atoms with Crippen molar-refractivity contribution in [2.24, 2.45) is 0 Å². The Kier molecular flexibility index (Phi) is 11.1. The molecule has 1 N–H and O–H groups in total. The highest BCUT2D eigenvalue weighted by Gasteiger charge is 2.09. The number of halogens is 1. The first-order chi connectivity index (χ1) is 29.5. The van der Waals surface area contributed by atoms with Gasteiger partial charge >= 0.3 is 5.63 Å². The van der Waals surface area contributed by atoms with Crippen LogP contribution in [0.5, 0.6) is 5.75 Å². The summed E-state index contributed by atoms with van der Waals surface area (Å²) in [6, 6.07) is 64.1. The van der Waals surface area contributed by atoms with Gasteiger partial charge in [-0.05, 0) is 130 Å². The Labute approximate surface area is 356 Å². The molecule has 0 amide bonds. The van der Waals surface area contributed by atoms with Gasteiger partial charge in [-0.15, -0.1) is 0 Å². The number of fused-ring (bicyclic) bond motifs is 7. The number of ether oxygens (including phenoxy) is 1. The van der Waals surface area contributed by atoms with Crippen molar-refractivity contribution in [3.05, 3.63) is 221 Å². The summed E-state index contributed by atoms with van der Waals surface area (Å²) >= 11 is 3.60. The van der Waals surface area contributed by atoms with Crippen LogP contribution in [-0.4, -0.2) is 5.11 Å². The van der Waals surface area contributed by atoms with Crippen LogP contribution in [0.1, 0.15) is 22.3 Å². The van der Waals surface area contributed by atoms with Gasteiger partial charge in [0.2, 0.25) is 0 Å². The Morgan fingerprint density at radius 2 is 0.950 bits per heavy atom. The van der Waals surface area contributed by atoms with Crippen LogP contribution in [0.4, 0.5) is 0 Å². The van der Waals surface area contributed by atoms with Gasteiger partial charge in [0.05, 0.1) is 6.61 Å². The standard InChI is InChI=1S/C25H18O3.C15H11Br.C15H12O/c1-16-11-25(26)28-24-14-21(9-10-22(16)24)27-15-20-8-4-7-19-12-17-5-2-3-6-18(17)13-23(19)20;2*16-10-15-13-7-3-1-5-11(13)9-12-6-2-4-8-14(12)15/h2-14H,15H2,1H3;1-9H,10H2;1-9,16H,10H2. The molecule has 292 valence electrons. The molecule has 0 fully saturated rings. The molecule has 4 nitrogen and oxygen atoms in total. The summed E-state index contributed by atoms with van der Waals surface area (Å²) in [7, 11) is 0. The van der Waals surface area contributed by atoms with E-state index in [0.717, 1.165) is 38.2 Å². The van der Waals surface area contributed by atoms with Crippen molar-refractivity contribution in [3.63, 3.8) is 0 Å². The fourth-order valence-corrected chi connectivity index (χ4v) is 8.85. The maximum atomic E-state index is 11.6. The summed E-state index contributed by atoms with van der Waals surface area (Å²) < 4.78 is 11.4. The van der Waals surface area contributed by atoms with Crippen molar-refractivity contribution < 1.29 is 14.3 Å². The van der Waals surface area contributed by atoms with Crippen LogP contribution in [0, 0.1) is 6.92 Å². The first-order valence-electron chi connectivity index (χ1n) is 20.0. The maximum Gasteiger partial charge on any atom is 0.336 e. The Morgan fingerprint density at radius 1 is 0.483 bits per heavy atom. The molecule has 0 saturated heterocycles. The van der Waals surface area contributed by atoms with Crippen LogP contribution >= 0.6 is 15.9 Å². The number of aryl methyl sites for hydroxylation is 1. The minimum Gasteiger partial charge on any atom is -0.489 e. The van der Waals surface area contributed by atoms with Crippen molar-refractivity contribution in [1.29, 1.82) is 0 Å². The van der Waals surface area contributed by atoms with E-state index in [9.17, 15) is 9.90 Å². The van der Waals surface area contributed by atoms with Gasteiger partial charge in [0.25, 0.3) is 0 Å². The van der Waals surface area contributed by atoms with Crippen LogP contribution < -0.4 is 10.4 Å². The third-order valence-electron chi connectivity index (χ3n) is 11.2. The second kappa shape index (κ2) is 17.2. The molecule has 0 aliphatic heterocycles. The van der Waals surface area contributed by atoms with E-state index in [1.54, 1.807) is 6.07 Å². The second-order valence-corrected chi connectivity index (χ2v) is 15.5. The van der Waals surface area contributed by atoms with E-state index in [2.05, 4.69) is 155 Å². The molecule has 0 aliphatic rings. The quantitative estimate of drug-likeness (QED) is 0.106. The monoisotopic (exact) mass is 844 g/mol. The normalized spacial score (nSPS) is 11.2. The SMILES string of the molecule is BrCc1c2ccccc2cc2ccccc12.Cc1cc(=O)oc2cc(OCc3cccc4cc5ccccc5cc34)ccc12.OCc1c2ccccc2cc2ccccc12. The Hall–Kier alpha value is -6.79. The zero-order valence-electron chi connectivity index (χ0n) is 33.1. The molecule has 1 heterocycles. The molecule has 0 atom stereocenters. The van der Waals surface area contributed by atoms with Gasteiger partial charge in [-0.2, -0.15) is 0 Å². The highest BCUT2D eigenvalue weighted by molar-refractivity contribution is 9.08. The number of hydrogen-bond acceptors (Lipinski definition) is 4. The van der Waals surface area contributed by atoms with Gasteiger partial charge in [0.1, 0.15) is 17.9 Å². The van der Waals surface area contributed by atoms with E-state index in [1.807, 2.05) is 43.3 Å². The number of benzene rings is 10. The molecule has 10 aromatic carbocycles. The Bertz CT molecular complexity index is 3180. The molecule has 5 heteroatoms. The Balaban J connectivity index is 0.000000124. The van der Waals surface area contributed by atoms with E-state index >= 15 is 0 Å². The lowest BCUT2D eigenvalue weighted by atomic mass is 9.97. The molecule has 11 aromatic rings. The van der Waals surface area contributed by atoms with Crippen molar-refractivity contribution in [2.75, 3.05) is 0 Å². The molecule has 0 bridgehead atoms. The number of rotatable bonds is 5. The molecule has 0 aliphatic carbocycles. The first-order valence-corrected chi connectivity index (χ1v) is 21.1. The third-order valence-corrected chi connectivity index (χ3v) is 11.8. The number of alkyl halides is 1. The van der Waals surface area contributed by atoms with Gasteiger partial charge in [-0.3, -0.25) is 0 Å². The molecule has 11 rings (SSSR count). The summed E-state index contributed by atoms with van der Waals surface area (Å²) in [4.78, 5) is 11.6. The van der Waals surface area contributed by atoms with Gasteiger partial charge in [0, 0.05) is 22.8 Å². The molecule has 0 unspecified atom stereocenters. The van der Waals surface area contributed by atoms with Gasteiger partial charge < -0.3 is 14.3 Å². The number of aliphatic hydroxyl groups excluding tert-OH is 1. The molecular weight excluding hydrogens is 805 g/mol. The van der Waals surface area contributed by atoms with E-state index in [4.69, 9.17) is 9.15 Å². The lowest BCUT2D eigenvalue weighted by molar-refractivity contribution is 0.285. The predicted molar refractivity (Wildman–Crippen MR) is 254 cm³/mol. The van der Waals surface area contributed by atoms with Crippen molar-refractivity contribution in [3.8, 4) is 5.75 Å². The minimum atomic E-state index is -0.344. The van der Waals surface area contributed by atoms with Crippen LogP contribution in [0.2, 0.25) is 0 Å². The topological polar surface area (TPSA) is 59.7 Å². The van der Waals surface area contributed by atoms with Gasteiger partial charge in [0.15, 0.2) is 0 Å². The molecule has 60 heavy (non-hydrogen) atoms. The number of hydrogen-bond donors (Lipinski definition) is 1. The van der Waals surface area contributed by atoms with Crippen molar-refractivity contribution in [1.82, 2.24) is 0 Å². The van der Waals surface area contributed by atoms with Gasteiger partial charge in [-0.25, -0.2) is 4.79 Å². The zero-order valence-corrected chi connectivity index (χ0v) is 34.7. The van der Waals surface area contributed by atoms with E-state index in [0.29, 0.717) is 17.9 Å². The zero-order chi connectivity index (χ0) is 41.0. The Morgan fingerprint density at radius 3 is 1.50 bits per heavy atom. The smallest absolute Gasteiger partial charge is 0.336 e. The molecule has 0 spiro atoms. The van der Waals surface area contributed by atoms with E-state index in [1.165, 1.54) is 65.5 Å². The maximum absolute atomic E-state index is 11.6. The fraction of sp³-hybridized carbons (Fsp3) is 0.0727. The van der Waals surface area contributed by atoms with E-state index in [-0.39, 0.29) is 12.2 Å². The second-order valence-electron chi connectivity index (χ2n) is 14.9. The summed E-state index contributed by atoms with van der Waals surface area (Å²) in [5, 5.41) is 26.2.